The van der Waals surface area contributed by atoms with E-state index < -0.39 is 10.0 Å². The zero-order chi connectivity index (χ0) is 17.3. The smallest absolute Gasteiger partial charge is 0.240 e. The Kier molecular flexibility index (Phi) is 4.97. The Balaban J connectivity index is 1.57. The molecule has 2 saturated carbocycles. The van der Waals surface area contributed by atoms with Crippen LogP contribution in [0, 0.1) is 17.8 Å². The summed E-state index contributed by atoms with van der Waals surface area (Å²) in [4.78, 5) is 12.4. The van der Waals surface area contributed by atoms with E-state index in [0.717, 1.165) is 11.8 Å². The van der Waals surface area contributed by atoms with Gasteiger partial charge in [-0.3, -0.25) is 4.79 Å². The number of anilines is 1. The van der Waals surface area contributed by atoms with Gasteiger partial charge in [-0.05, 0) is 75.1 Å². The molecule has 0 aromatic heterocycles. The first kappa shape index (κ1) is 17.4. The van der Waals surface area contributed by atoms with Crippen LogP contribution in [0.2, 0.25) is 0 Å². The zero-order valence-electron chi connectivity index (χ0n) is 14.3. The van der Waals surface area contributed by atoms with E-state index in [4.69, 9.17) is 0 Å². The van der Waals surface area contributed by atoms with Crippen molar-refractivity contribution in [3.05, 3.63) is 24.3 Å². The van der Waals surface area contributed by atoms with E-state index in [9.17, 15) is 13.2 Å². The third-order valence-electron chi connectivity index (χ3n) is 5.17. The Bertz CT molecular complexity index is 697. The van der Waals surface area contributed by atoms with Gasteiger partial charge in [-0.1, -0.05) is 6.42 Å². The summed E-state index contributed by atoms with van der Waals surface area (Å²) in [6.45, 7) is 3.56. The molecule has 2 N–H and O–H groups in total. The number of benzene rings is 1. The first-order valence-electron chi connectivity index (χ1n) is 8.76. The summed E-state index contributed by atoms with van der Waals surface area (Å²) in [5, 5.41) is 2.89. The van der Waals surface area contributed by atoms with Crippen LogP contribution in [-0.4, -0.2) is 20.4 Å². The van der Waals surface area contributed by atoms with Gasteiger partial charge in [0, 0.05) is 18.2 Å². The average Bonchev–Trinajstić information content (AvgIpc) is 3.09. The molecule has 2 aliphatic carbocycles. The van der Waals surface area contributed by atoms with E-state index in [1.165, 1.54) is 37.8 Å². The van der Waals surface area contributed by atoms with Crippen molar-refractivity contribution in [1.82, 2.24) is 4.72 Å². The lowest BCUT2D eigenvalue weighted by molar-refractivity contribution is -0.117. The zero-order valence-corrected chi connectivity index (χ0v) is 15.1. The normalized spacial score (nSPS) is 26.0. The van der Waals surface area contributed by atoms with Crippen LogP contribution < -0.4 is 10.0 Å². The van der Waals surface area contributed by atoms with Crippen LogP contribution in [-0.2, 0) is 14.8 Å². The molecule has 1 aromatic rings. The number of amides is 1. The van der Waals surface area contributed by atoms with Gasteiger partial charge in [-0.2, -0.15) is 0 Å². The summed E-state index contributed by atoms with van der Waals surface area (Å²) < 4.78 is 26.7. The molecular formula is C18H26N2O3S. The van der Waals surface area contributed by atoms with Gasteiger partial charge in [-0.15, -0.1) is 0 Å². The van der Waals surface area contributed by atoms with Gasteiger partial charge in [0.2, 0.25) is 15.9 Å². The van der Waals surface area contributed by atoms with Gasteiger partial charge in [0.25, 0.3) is 0 Å². The minimum atomic E-state index is -3.49. The lowest BCUT2D eigenvalue weighted by Gasteiger charge is -2.20. The van der Waals surface area contributed by atoms with Crippen LogP contribution in [0.5, 0.6) is 0 Å². The Morgan fingerprint density at radius 2 is 1.88 bits per heavy atom. The predicted molar refractivity (Wildman–Crippen MR) is 94.1 cm³/mol. The topological polar surface area (TPSA) is 75.3 Å². The minimum Gasteiger partial charge on any atom is -0.326 e. The second kappa shape index (κ2) is 6.84. The van der Waals surface area contributed by atoms with Gasteiger partial charge < -0.3 is 5.32 Å². The standard InChI is InChI=1S/C18H26N2O3S/c1-12(2)20-24(22,23)17-7-5-16(6-8-17)19-18(21)11-15-10-13-3-4-14(15)9-13/h5-8,12-15,20H,3-4,9-11H2,1-2H3,(H,19,21)/t13-,14+,15+/m0/s1. The Hall–Kier alpha value is -1.40. The number of carbonyl (C=O) groups is 1. The van der Waals surface area contributed by atoms with E-state index >= 15 is 0 Å². The van der Waals surface area contributed by atoms with Gasteiger partial charge in [0.1, 0.15) is 0 Å². The third kappa shape index (κ3) is 3.98. The maximum atomic E-state index is 12.2. The average molecular weight is 350 g/mol. The summed E-state index contributed by atoms with van der Waals surface area (Å²) >= 11 is 0. The highest BCUT2D eigenvalue weighted by molar-refractivity contribution is 7.89. The number of carbonyl (C=O) groups excluding carboxylic acids is 1. The number of hydrogen-bond donors (Lipinski definition) is 2. The Morgan fingerprint density at radius 1 is 1.17 bits per heavy atom. The van der Waals surface area contributed by atoms with Crippen LogP contribution in [0.3, 0.4) is 0 Å². The van der Waals surface area contributed by atoms with Crippen molar-refractivity contribution >= 4 is 21.6 Å². The molecule has 2 fully saturated rings. The predicted octanol–water partition coefficient (Wildman–Crippen LogP) is 3.14. The summed E-state index contributed by atoms with van der Waals surface area (Å²) in [6.07, 6.45) is 5.68. The lowest BCUT2D eigenvalue weighted by Crippen LogP contribution is -2.30. The molecule has 2 bridgehead atoms. The van der Waals surface area contributed by atoms with Crippen molar-refractivity contribution in [1.29, 1.82) is 0 Å². The molecule has 1 amide bonds. The monoisotopic (exact) mass is 350 g/mol. The molecule has 0 unspecified atom stereocenters. The fourth-order valence-electron chi connectivity index (χ4n) is 4.17. The molecule has 3 atom stereocenters. The molecule has 0 spiro atoms. The van der Waals surface area contributed by atoms with E-state index in [1.807, 2.05) is 0 Å². The van der Waals surface area contributed by atoms with Crippen molar-refractivity contribution in [3.8, 4) is 0 Å². The summed E-state index contributed by atoms with van der Waals surface area (Å²) in [7, 11) is -3.49. The maximum absolute atomic E-state index is 12.2. The molecule has 2 aliphatic rings. The molecule has 132 valence electrons. The Labute approximate surface area is 144 Å². The molecule has 0 saturated heterocycles. The van der Waals surface area contributed by atoms with Crippen molar-refractivity contribution in [2.24, 2.45) is 17.8 Å². The summed E-state index contributed by atoms with van der Waals surface area (Å²) in [5.41, 5.74) is 0.645. The van der Waals surface area contributed by atoms with Gasteiger partial charge in [0.05, 0.1) is 4.90 Å². The molecule has 0 aliphatic heterocycles. The SMILES string of the molecule is CC(C)NS(=O)(=O)c1ccc(NC(=O)C[C@H]2C[C@H]3CC[C@@H]2C3)cc1. The van der Waals surface area contributed by atoms with Crippen LogP contribution in [0.25, 0.3) is 0 Å². The second-order valence-electron chi connectivity index (χ2n) is 7.49. The quantitative estimate of drug-likeness (QED) is 0.827. The fraction of sp³-hybridized carbons (Fsp3) is 0.611. The van der Waals surface area contributed by atoms with Crippen LogP contribution in [0.1, 0.15) is 46.0 Å². The number of sulfonamides is 1. The number of hydrogen-bond acceptors (Lipinski definition) is 3. The van der Waals surface area contributed by atoms with E-state index in [-0.39, 0.29) is 16.8 Å². The first-order valence-corrected chi connectivity index (χ1v) is 10.2. The first-order chi connectivity index (χ1) is 11.3. The van der Waals surface area contributed by atoms with Crippen molar-refractivity contribution in [3.63, 3.8) is 0 Å². The van der Waals surface area contributed by atoms with E-state index in [2.05, 4.69) is 10.0 Å². The number of fused-ring (bicyclic) bond motifs is 2. The van der Waals surface area contributed by atoms with E-state index in [1.54, 1.807) is 26.0 Å². The molecule has 5 nitrogen and oxygen atoms in total. The summed E-state index contributed by atoms with van der Waals surface area (Å²) in [6, 6.07) is 6.19. The molecule has 6 heteroatoms. The molecule has 0 radical (unpaired) electrons. The highest BCUT2D eigenvalue weighted by atomic mass is 32.2. The molecule has 3 rings (SSSR count). The number of nitrogens with one attached hydrogen (secondary N) is 2. The van der Waals surface area contributed by atoms with Crippen molar-refractivity contribution in [2.45, 2.75) is 56.9 Å². The highest BCUT2D eigenvalue weighted by Crippen LogP contribution is 2.49. The summed E-state index contributed by atoms with van der Waals surface area (Å²) in [5.74, 6) is 2.13. The molecule has 24 heavy (non-hydrogen) atoms. The van der Waals surface area contributed by atoms with Crippen molar-refractivity contribution < 1.29 is 13.2 Å². The fourth-order valence-corrected chi connectivity index (χ4v) is 5.42. The van der Waals surface area contributed by atoms with Crippen molar-refractivity contribution in [2.75, 3.05) is 5.32 Å². The molecule has 0 heterocycles. The second-order valence-corrected chi connectivity index (χ2v) is 9.20. The Morgan fingerprint density at radius 3 is 2.42 bits per heavy atom. The van der Waals surface area contributed by atoms with Gasteiger partial charge in [-0.25, -0.2) is 13.1 Å². The highest BCUT2D eigenvalue weighted by Gasteiger charge is 2.40. The lowest BCUT2D eigenvalue weighted by atomic mass is 9.86. The molecular weight excluding hydrogens is 324 g/mol. The third-order valence-corrected chi connectivity index (χ3v) is 6.85. The van der Waals surface area contributed by atoms with Crippen LogP contribution in [0.4, 0.5) is 5.69 Å². The maximum Gasteiger partial charge on any atom is 0.240 e. The van der Waals surface area contributed by atoms with Crippen LogP contribution >= 0.6 is 0 Å². The minimum absolute atomic E-state index is 0.0310. The number of rotatable bonds is 6. The van der Waals surface area contributed by atoms with Gasteiger partial charge in [0.15, 0.2) is 0 Å². The van der Waals surface area contributed by atoms with Crippen LogP contribution in [0.15, 0.2) is 29.2 Å². The molecule has 1 aromatic carbocycles. The van der Waals surface area contributed by atoms with E-state index in [0.29, 0.717) is 18.0 Å². The largest absolute Gasteiger partial charge is 0.326 e. The van der Waals surface area contributed by atoms with Gasteiger partial charge >= 0.3 is 0 Å².